The van der Waals surface area contributed by atoms with Crippen LogP contribution in [0.4, 0.5) is 0 Å². The second-order valence-corrected chi connectivity index (χ2v) is 12.6. The fourth-order valence-electron chi connectivity index (χ4n) is 4.53. The van der Waals surface area contributed by atoms with Crippen LogP contribution in [0.25, 0.3) is 0 Å². The molecule has 3 atom stereocenters. The van der Waals surface area contributed by atoms with Gasteiger partial charge in [0.2, 0.25) is 0 Å². The van der Waals surface area contributed by atoms with Crippen LogP contribution in [0, 0.1) is 35.5 Å². The van der Waals surface area contributed by atoms with Gasteiger partial charge in [-0.15, -0.1) is 0 Å². The normalized spacial score (nSPS) is 20.2. The van der Waals surface area contributed by atoms with Crippen molar-refractivity contribution in [2.75, 3.05) is 0 Å². The van der Waals surface area contributed by atoms with Gasteiger partial charge in [-0.3, -0.25) is 0 Å². The topological polar surface area (TPSA) is 0 Å². The van der Waals surface area contributed by atoms with Gasteiger partial charge in [0.05, 0.1) is 0 Å². The van der Waals surface area contributed by atoms with Crippen LogP contribution < -0.4 is 0 Å². The molecular weight excluding hydrogens is 372 g/mol. The zero-order chi connectivity index (χ0) is 23.4. The van der Waals surface area contributed by atoms with E-state index in [1.165, 1.54) is 43.2 Å². The first-order valence-corrected chi connectivity index (χ1v) is 12.8. The van der Waals surface area contributed by atoms with Crippen molar-refractivity contribution in [2.24, 2.45) is 28.6 Å². The summed E-state index contributed by atoms with van der Waals surface area (Å²) in [5, 5.41) is 0. The molecule has 0 radical (unpaired) electrons. The SMILES string of the molecule is Cc1ccc([C@@H](CC[C@@H](C)C(C)(C)C)C2=CC(CC(C)(C)C(C)C)=CC(C)CC2)cc1. The van der Waals surface area contributed by atoms with E-state index in [4.69, 9.17) is 0 Å². The Bertz CT molecular complexity index is 748. The maximum atomic E-state index is 2.61. The third-order valence-electron chi connectivity index (χ3n) is 8.27. The van der Waals surface area contributed by atoms with Crippen molar-refractivity contribution in [1.29, 1.82) is 0 Å². The highest BCUT2D eigenvalue weighted by Crippen LogP contribution is 2.41. The molecular formula is C31H50. The van der Waals surface area contributed by atoms with Crippen LogP contribution in [-0.4, -0.2) is 0 Å². The lowest BCUT2D eigenvalue weighted by molar-refractivity contribution is 0.239. The van der Waals surface area contributed by atoms with Crippen LogP contribution in [0.5, 0.6) is 0 Å². The molecule has 0 N–H and O–H groups in total. The van der Waals surface area contributed by atoms with Gasteiger partial charge in [-0.2, -0.15) is 0 Å². The second kappa shape index (κ2) is 10.5. The summed E-state index contributed by atoms with van der Waals surface area (Å²) in [5.74, 6) is 2.62. The molecule has 0 bridgehead atoms. The predicted octanol–water partition coefficient (Wildman–Crippen LogP) is 9.90. The van der Waals surface area contributed by atoms with E-state index in [0.29, 0.717) is 28.6 Å². The molecule has 0 fully saturated rings. The van der Waals surface area contributed by atoms with Crippen molar-refractivity contribution in [3.8, 4) is 0 Å². The van der Waals surface area contributed by atoms with Crippen LogP contribution in [0.3, 0.4) is 0 Å². The van der Waals surface area contributed by atoms with E-state index in [9.17, 15) is 0 Å². The van der Waals surface area contributed by atoms with Gasteiger partial charge in [-0.05, 0) is 73.2 Å². The van der Waals surface area contributed by atoms with E-state index in [0.717, 1.165) is 5.92 Å². The summed E-state index contributed by atoms with van der Waals surface area (Å²) < 4.78 is 0. The highest BCUT2D eigenvalue weighted by Gasteiger charge is 2.27. The summed E-state index contributed by atoms with van der Waals surface area (Å²) in [7, 11) is 0. The van der Waals surface area contributed by atoms with Gasteiger partial charge in [0.15, 0.2) is 0 Å². The molecule has 0 aromatic heterocycles. The Morgan fingerprint density at radius 3 is 2.10 bits per heavy atom. The zero-order valence-corrected chi connectivity index (χ0v) is 22.3. The first-order chi connectivity index (χ1) is 14.3. The molecule has 0 heterocycles. The molecule has 0 amide bonds. The summed E-state index contributed by atoms with van der Waals surface area (Å²) in [5.41, 5.74) is 6.80. The van der Waals surface area contributed by atoms with E-state index in [-0.39, 0.29) is 0 Å². The molecule has 0 aliphatic heterocycles. The van der Waals surface area contributed by atoms with Gasteiger partial charge in [0, 0.05) is 5.92 Å². The smallest absolute Gasteiger partial charge is 0.00514 e. The molecule has 1 aliphatic carbocycles. The Labute approximate surface area is 194 Å². The average molecular weight is 423 g/mol. The Morgan fingerprint density at radius 1 is 0.935 bits per heavy atom. The van der Waals surface area contributed by atoms with Crippen LogP contribution in [0.15, 0.2) is 47.6 Å². The fourth-order valence-corrected chi connectivity index (χ4v) is 4.53. The van der Waals surface area contributed by atoms with E-state index in [2.05, 4.69) is 106 Å². The Kier molecular flexibility index (Phi) is 8.83. The van der Waals surface area contributed by atoms with Crippen molar-refractivity contribution in [3.05, 3.63) is 58.7 Å². The quantitative estimate of drug-likeness (QED) is 0.391. The van der Waals surface area contributed by atoms with Gasteiger partial charge >= 0.3 is 0 Å². The molecule has 2 rings (SSSR count). The minimum absolute atomic E-state index is 0.331. The number of aryl methyl sites for hydroxylation is 1. The summed E-state index contributed by atoms with van der Waals surface area (Å²) in [4.78, 5) is 0. The van der Waals surface area contributed by atoms with Crippen molar-refractivity contribution < 1.29 is 0 Å². The predicted molar refractivity (Wildman–Crippen MR) is 140 cm³/mol. The molecule has 0 nitrogen and oxygen atoms in total. The average Bonchev–Trinajstić information content (AvgIpc) is 2.83. The number of hydrogen-bond donors (Lipinski definition) is 0. The molecule has 31 heavy (non-hydrogen) atoms. The highest BCUT2D eigenvalue weighted by atomic mass is 14.3. The fraction of sp³-hybridized carbons (Fsp3) is 0.677. The van der Waals surface area contributed by atoms with Crippen molar-refractivity contribution in [1.82, 2.24) is 0 Å². The molecule has 0 saturated carbocycles. The van der Waals surface area contributed by atoms with Crippen molar-refractivity contribution in [2.45, 2.75) is 107 Å². The first kappa shape index (κ1) is 26.0. The van der Waals surface area contributed by atoms with Gasteiger partial charge in [0.25, 0.3) is 0 Å². The van der Waals surface area contributed by atoms with Crippen LogP contribution in [-0.2, 0) is 0 Å². The lowest BCUT2D eigenvalue weighted by Gasteiger charge is -2.31. The van der Waals surface area contributed by atoms with Gasteiger partial charge < -0.3 is 0 Å². The van der Waals surface area contributed by atoms with E-state index in [1.807, 2.05) is 0 Å². The summed E-state index contributed by atoms with van der Waals surface area (Å²) >= 11 is 0. The molecule has 174 valence electrons. The number of hydrogen-bond acceptors (Lipinski definition) is 0. The standard InChI is InChI=1S/C31H50/c1-22(2)31(9,10)21-26-19-24(4)13-17-28(20-26)29(18-14-25(5)30(6,7)8)27-15-11-23(3)12-16-27/h11-12,15-16,19-20,22,24-25,29H,13-14,17-18,21H2,1-10H3/t24?,25-,29-/m1/s1. The molecule has 1 aliphatic rings. The monoisotopic (exact) mass is 422 g/mol. The maximum Gasteiger partial charge on any atom is 0.00514 e. The lowest BCUT2D eigenvalue weighted by atomic mass is 9.74. The lowest BCUT2D eigenvalue weighted by Crippen LogP contribution is -2.20. The van der Waals surface area contributed by atoms with Gasteiger partial charge in [-0.25, -0.2) is 0 Å². The first-order valence-electron chi connectivity index (χ1n) is 12.8. The van der Waals surface area contributed by atoms with Crippen molar-refractivity contribution >= 4 is 0 Å². The van der Waals surface area contributed by atoms with Gasteiger partial charge in [-0.1, -0.05) is 115 Å². The summed E-state index contributed by atoms with van der Waals surface area (Å²) in [6, 6.07) is 9.37. The van der Waals surface area contributed by atoms with E-state index in [1.54, 1.807) is 11.1 Å². The number of benzene rings is 1. The van der Waals surface area contributed by atoms with Crippen LogP contribution in [0.1, 0.15) is 111 Å². The molecule has 0 heteroatoms. The molecule has 1 unspecified atom stereocenters. The Balaban J connectivity index is 2.38. The second-order valence-electron chi connectivity index (χ2n) is 12.6. The van der Waals surface area contributed by atoms with Gasteiger partial charge in [0.1, 0.15) is 0 Å². The Hall–Kier alpha value is -1.30. The largest absolute Gasteiger partial charge is 0.0784 e. The minimum Gasteiger partial charge on any atom is -0.0784 e. The number of rotatable bonds is 8. The van der Waals surface area contributed by atoms with E-state index < -0.39 is 0 Å². The third kappa shape index (κ3) is 7.65. The molecule has 0 spiro atoms. The summed E-state index contributed by atoms with van der Waals surface area (Å²) in [6.45, 7) is 23.8. The zero-order valence-electron chi connectivity index (χ0n) is 22.3. The third-order valence-corrected chi connectivity index (χ3v) is 8.27. The molecule has 1 aromatic carbocycles. The molecule has 1 aromatic rings. The Morgan fingerprint density at radius 2 is 1.55 bits per heavy atom. The molecule has 0 saturated heterocycles. The van der Waals surface area contributed by atoms with Crippen molar-refractivity contribution in [3.63, 3.8) is 0 Å². The van der Waals surface area contributed by atoms with E-state index >= 15 is 0 Å². The maximum absolute atomic E-state index is 2.61. The highest BCUT2D eigenvalue weighted by molar-refractivity contribution is 5.37. The van der Waals surface area contributed by atoms with Crippen LogP contribution in [0.2, 0.25) is 0 Å². The number of allylic oxidation sites excluding steroid dienone is 4. The van der Waals surface area contributed by atoms with Crippen LogP contribution >= 0.6 is 0 Å². The summed E-state index contributed by atoms with van der Waals surface area (Å²) in [6.07, 6.45) is 11.4. The minimum atomic E-state index is 0.331.